The van der Waals surface area contributed by atoms with Gasteiger partial charge in [-0.2, -0.15) is 0 Å². The molecule has 1 aliphatic rings. The van der Waals surface area contributed by atoms with Crippen LogP contribution in [0.1, 0.15) is 82.6 Å². The van der Waals surface area contributed by atoms with Crippen LogP contribution in [-0.4, -0.2) is 82.4 Å². The van der Waals surface area contributed by atoms with Crippen LogP contribution in [0, 0.1) is 5.92 Å². The number of hydrogen-bond donors (Lipinski definition) is 2. The van der Waals surface area contributed by atoms with E-state index in [0.717, 1.165) is 0 Å². The number of esters is 1. The number of rotatable bonds is 10. The van der Waals surface area contributed by atoms with Gasteiger partial charge in [-0.1, -0.05) is 12.2 Å². The Labute approximate surface area is 222 Å². The predicted molar refractivity (Wildman–Crippen MR) is 140 cm³/mol. The molecular formula is C27H48N2O8. The fourth-order valence-corrected chi connectivity index (χ4v) is 4.40. The molecule has 0 bridgehead atoms. The highest BCUT2D eigenvalue weighted by Gasteiger charge is 2.55. The van der Waals surface area contributed by atoms with E-state index >= 15 is 0 Å². The molecule has 0 saturated carbocycles. The van der Waals surface area contributed by atoms with Crippen molar-refractivity contribution in [3.05, 3.63) is 12.2 Å². The zero-order valence-electron chi connectivity index (χ0n) is 24.4. The van der Waals surface area contributed by atoms with Gasteiger partial charge in [0.1, 0.15) is 22.8 Å². The van der Waals surface area contributed by atoms with Crippen molar-refractivity contribution in [3.8, 4) is 0 Å². The van der Waals surface area contributed by atoms with Crippen LogP contribution in [-0.2, 0) is 28.5 Å². The van der Waals surface area contributed by atoms with Crippen molar-refractivity contribution in [1.29, 1.82) is 0 Å². The lowest BCUT2D eigenvalue weighted by molar-refractivity contribution is -0.173. The molecule has 214 valence electrons. The Balaban J connectivity index is 3.62. The van der Waals surface area contributed by atoms with E-state index < -0.39 is 65.1 Å². The summed E-state index contributed by atoms with van der Waals surface area (Å²) in [5, 5.41) is 14.4. The van der Waals surface area contributed by atoms with Gasteiger partial charge in [-0.05, 0) is 75.7 Å². The van der Waals surface area contributed by atoms with E-state index in [0.29, 0.717) is 6.61 Å². The molecule has 1 rings (SSSR count). The van der Waals surface area contributed by atoms with Crippen molar-refractivity contribution in [2.75, 3.05) is 13.2 Å². The van der Waals surface area contributed by atoms with Crippen LogP contribution >= 0.6 is 0 Å². The van der Waals surface area contributed by atoms with E-state index in [9.17, 15) is 19.5 Å². The highest BCUT2D eigenvalue weighted by atomic mass is 16.7. The second-order valence-corrected chi connectivity index (χ2v) is 11.7. The van der Waals surface area contributed by atoms with Gasteiger partial charge in [-0.25, -0.2) is 9.59 Å². The van der Waals surface area contributed by atoms with E-state index in [4.69, 9.17) is 18.9 Å². The third-order valence-electron chi connectivity index (χ3n) is 5.70. The lowest BCUT2D eigenvalue weighted by Crippen LogP contribution is -2.65. The lowest BCUT2D eigenvalue weighted by atomic mass is 9.83. The maximum atomic E-state index is 13.6. The van der Waals surface area contributed by atoms with Gasteiger partial charge < -0.3 is 29.4 Å². The van der Waals surface area contributed by atoms with Crippen molar-refractivity contribution in [3.63, 3.8) is 0 Å². The number of likely N-dealkylation sites (tertiary alicyclic amines) is 1. The quantitative estimate of drug-likeness (QED) is 0.251. The van der Waals surface area contributed by atoms with Crippen LogP contribution in [0.5, 0.6) is 0 Å². The molecule has 37 heavy (non-hydrogen) atoms. The number of carbonyl (C=O) groups is 3. The van der Waals surface area contributed by atoms with Crippen molar-refractivity contribution >= 4 is 18.0 Å². The van der Waals surface area contributed by atoms with Crippen LogP contribution < -0.4 is 5.32 Å². The summed E-state index contributed by atoms with van der Waals surface area (Å²) >= 11 is 0. The molecule has 0 aromatic rings. The van der Waals surface area contributed by atoms with Crippen molar-refractivity contribution in [2.45, 2.75) is 124 Å². The van der Waals surface area contributed by atoms with Gasteiger partial charge in [0.15, 0.2) is 6.29 Å². The molecule has 1 aliphatic heterocycles. The molecule has 2 amide bonds. The minimum absolute atomic E-state index is 0.197. The molecule has 1 saturated heterocycles. The zero-order chi connectivity index (χ0) is 28.8. The molecule has 0 spiro atoms. The highest BCUT2D eigenvalue weighted by Crippen LogP contribution is 2.38. The summed E-state index contributed by atoms with van der Waals surface area (Å²) in [7, 11) is 0. The van der Waals surface area contributed by atoms with Crippen molar-refractivity contribution in [1.82, 2.24) is 10.2 Å². The molecular weight excluding hydrogens is 480 g/mol. The van der Waals surface area contributed by atoms with Gasteiger partial charge >= 0.3 is 12.1 Å². The Bertz CT molecular complexity index is 812. The maximum absolute atomic E-state index is 13.6. The number of allylic oxidation sites excluding steroid dienone is 1. The monoisotopic (exact) mass is 528 g/mol. The van der Waals surface area contributed by atoms with Gasteiger partial charge in [0, 0.05) is 19.4 Å². The Morgan fingerprint density at radius 3 is 2.08 bits per heavy atom. The lowest BCUT2D eigenvalue weighted by Gasteiger charge is -2.43. The van der Waals surface area contributed by atoms with Gasteiger partial charge in [-0.3, -0.25) is 9.69 Å². The summed E-state index contributed by atoms with van der Waals surface area (Å²) in [6.45, 7) is 18.9. The van der Waals surface area contributed by atoms with Gasteiger partial charge in [0.2, 0.25) is 5.91 Å². The molecule has 2 N–H and O–H groups in total. The molecule has 10 heteroatoms. The number of hydrogen-bond acceptors (Lipinski definition) is 8. The second-order valence-electron chi connectivity index (χ2n) is 11.7. The first-order valence-electron chi connectivity index (χ1n) is 12.9. The molecule has 6 atom stereocenters. The standard InChI is InChI=1S/C27H48N2O8/c1-12-14-19-15-20(23(31)36-25(5,6)7)29(24(32)37-26(8,9)10)21(19)22(28-17(3)30)27(11,33)16-35-18(4)34-13-2/h12,14,18-22,33H,13,15-16H2,1-11H3,(H,28,30)/b14-12-/t18?,19-,20-,21-,22?,27+/m1/s1. The molecule has 0 aromatic carbocycles. The highest BCUT2D eigenvalue weighted by molar-refractivity contribution is 5.83. The van der Waals surface area contributed by atoms with E-state index in [2.05, 4.69) is 5.32 Å². The normalized spacial score (nSPS) is 23.9. The number of nitrogens with one attached hydrogen (secondary N) is 1. The predicted octanol–water partition coefficient (Wildman–Crippen LogP) is 3.55. The average Bonchev–Trinajstić information content (AvgIpc) is 3.07. The van der Waals surface area contributed by atoms with E-state index in [1.165, 1.54) is 18.7 Å². The van der Waals surface area contributed by atoms with Crippen LogP contribution in [0.4, 0.5) is 4.79 Å². The number of ether oxygens (including phenoxy) is 4. The first-order chi connectivity index (χ1) is 16.8. The summed E-state index contributed by atoms with van der Waals surface area (Å²) < 4.78 is 22.5. The smallest absolute Gasteiger partial charge is 0.411 e. The Morgan fingerprint density at radius 1 is 1.05 bits per heavy atom. The van der Waals surface area contributed by atoms with Crippen molar-refractivity contribution < 1.29 is 38.4 Å². The fourth-order valence-electron chi connectivity index (χ4n) is 4.40. The third-order valence-corrected chi connectivity index (χ3v) is 5.70. The maximum Gasteiger partial charge on any atom is 0.411 e. The van der Waals surface area contributed by atoms with Crippen LogP contribution in [0.25, 0.3) is 0 Å². The summed E-state index contributed by atoms with van der Waals surface area (Å²) in [6.07, 6.45) is 2.57. The summed E-state index contributed by atoms with van der Waals surface area (Å²) in [5.74, 6) is -1.40. The van der Waals surface area contributed by atoms with E-state index in [1.54, 1.807) is 48.5 Å². The van der Waals surface area contributed by atoms with Crippen LogP contribution in [0.2, 0.25) is 0 Å². The first-order valence-corrected chi connectivity index (χ1v) is 12.9. The molecule has 0 aliphatic carbocycles. The zero-order valence-corrected chi connectivity index (χ0v) is 24.4. The Morgan fingerprint density at radius 2 is 1.62 bits per heavy atom. The van der Waals surface area contributed by atoms with Crippen LogP contribution in [0.3, 0.4) is 0 Å². The summed E-state index contributed by atoms with van der Waals surface area (Å²) in [5.41, 5.74) is -3.28. The summed E-state index contributed by atoms with van der Waals surface area (Å²) in [4.78, 5) is 40.6. The molecule has 10 nitrogen and oxygen atoms in total. The van der Waals surface area contributed by atoms with Gasteiger partial charge in [0.25, 0.3) is 0 Å². The van der Waals surface area contributed by atoms with Crippen LogP contribution in [0.15, 0.2) is 12.2 Å². The number of carbonyl (C=O) groups excluding carboxylic acids is 3. The molecule has 1 heterocycles. The van der Waals surface area contributed by atoms with E-state index in [1.807, 2.05) is 26.0 Å². The fraction of sp³-hybridized carbons (Fsp3) is 0.815. The first kappa shape index (κ1) is 32.9. The third kappa shape index (κ3) is 10.2. The molecule has 2 unspecified atom stereocenters. The largest absolute Gasteiger partial charge is 0.458 e. The van der Waals surface area contributed by atoms with Crippen molar-refractivity contribution in [2.24, 2.45) is 5.92 Å². The number of amides is 2. The minimum atomic E-state index is -1.65. The molecule has 1 fully saturated rings. The molecule has 0 aromatic heterocycles. The van der Waals surface area contributed by atoms with E-state index in [-0.39, 0.29) is 13.0 Å². The van der Waals surface area contributed by atoms with Gasteiger partial charge in [-0.15, -0.1) is 0 Å². The molecule has 0 radical (unpaired) electrons. The Kier molecular flexibility index (Phi) is 11.6. The summed E-state index contributed by atoms with van der Waals surface area (Å²) in [6, 6.07) is -2.84. The topological polar surface area (TPSA) is 124 Å². The van der Waals surface area contributed by atoms with Gasteiger partial charge in [0.05, 0.1) is 18.7 Å². The number of aliphatic hydroxyl groups is 1. The SMILES string of the molecule is C/C=C\[C@@H]1C[C@H](C(=O)OC(C)(C)C)N(C(=O)OC(C)(C)C)[C@H]1C(NC(C)=O)[C@@](C)(O)COC(C)OCC. The minimum Gasteiger partial charge on any atom is -0.458 e. The number of nitrogens with zero attached hydrogens (tertiary/aromatic N) is 1. The Hall–Kier alpha value is -2.17. The average molecular weight is 529 g/mol. The second kappa shape index (κ2) is 13.1.